The lowest BCUT2D eigenvalue weighted by molar-refractivity contribution is -0.142. The summed E-state index contributed by atoms with van der Waals surface area (Å²) in [6.07, 6.45) is -5.15. The molecule has 1 aliphatic carbocycles. The van der Waals surface area contributed by atoms with Crippen molar-refractivity contribution in [1.29, 1.82) is 0 Å². The largest absolute Gasteiger partial charge is 0.416 e. The summed E-state index contributed by atoms with van der Waals surface area (Å²) >= 11 is 0. The number of hydrogen-bond acceptors (Lipinski definition) is 7. The minimum atomic E-state index is -4.95. The van der Waals surface area contributed by atoms with Gasteiger partial charge < -0.3 is 21.7 Å². The second-order valence-electron chi connectivity index (χ2n) is 11.7. The summed E-state index contributed by atoms with van der Waals surface area (Å²) in [5.74, 6) is -0.622. The lowest BCUT2D eigenvalue weighted by atomic mass is 9.91. The molecule has 16 heteroatoms. The van der Waals surface area contributed by atoms with Gasteiger partial charge in [0.15, 0.2) is 5.82 Å². The predicted molar refractivity (Wildman–Crippen MR) is 167 cm³/mol. The van der Waals surface area contributed by atoms with E-state index in [1.807, 2.05) is 19.1 Å². The highest BCUT2D eigenvalue weighted by Gasteiger charge is 2.37. The Bertz CT molecular complexity index is 1810. The molecule has 10 nitrogen and oxygen atoms in total. The fourth-order valence-corrected chi connectivity index (χ4v) is 5.91. The lowest BCUT2D eigenvalue weighted by Gasteiger charge is -2.29. The highest BCUT2D eigenvalue weighted by atomic mass is 19.4. The van der Waals surface area contributed by atoms with Gasteiger partial charge in [0.05, 0.1) is 35.3 Å². The predicted octanol–water partition coefficient (Wildman–Crippen LogP) is 5.61. The van der Waals surface area contributed by atoms with Crippen LogP contribution >= 0.6 is 0 Å². The number of nitrogens with zero attached hydrogens (tertiary/aromatic N) is 4. The summed E-state index contributed by atoms with van der Waals surface area (Å²) in [7, 11) is 1.62. The first-order valence-corrected chi connectivity index (χ1v) is 15.3. The van der Waals surface area contributed by atoms with E-state index in [1.165, 1.54) is 10.7 Å². The third-order valence-electron chi connectivity index (χ3n) is 8.29. The summed E-state index contributed by atoms with van der Waals surface area (Å²) in [6.45, 7) is 1.94. The first-order valence-electron chi connectivity index (χ1n) is 15.3. The van der Waals surface area contributed by atoms with Crippen LogP contribution in [0.5, 0.6) is 0 Å². The van der Waals surface area contributed by atoms with E-state index in [9.17, 15) is 35.9 Å². The molecule has 0 unspecified atom stereocenters. The van der Waals surface area contributed by atoms with Gasteiger partial charge in [-0.3, -0.25) is 14.3 Å². The van der Waals surface area contributed by atoms with Crippen LogP contribution < -0.4 is 21.7 Å². The number of nitrogens with one attached hydrogen (secondary N) is 3. The molecule has 0 radical (unpaired) electrons. The number of carbonyl (C=O) groups is 2. The Morgan fingerprint density at radius 3 is 2.29 bits per heavy atom. The van der Waals surface area contributed by atoms with Crippen molar-refractivity contribution in [2.75, 3.05) is 17.2 Å². The van der Waals surface area contributed by atoms with Crippen molar-refractivity contribution >= 4 is 34.5 Å². The molecule has 1 saturated carbocycles. The molecule has 4 aromatic rings. The average Bonchev–Trinajstić information content (AvgIpc) is 3.39. The molecule has 2 amide bonds. The summed E-state index contributed by atoms with van der Waals surface area (Å²) in [5.41, 5.74) is 4.93. The molecule has 48 heavy (non-hydrogen) atoms. The van der Waals surface area contributed by atoms with Gasteiger partial charge in [0.2, 0.25) is 17.8 Å². The second-order valence-corrected chi connectivity index (χ2v) is 11.7. The molecule has 0 atom stereocenters. The zero-order valence-corrected chi connectivity index (χ0v) is 26.1. The Kier molecular flexibility index (Phi) is 9.94. The van der Waals surface area contributed by atoms with E-state index in [0.717, 1.165) is 42.1 Å². The SMILES string of the molecule is CCc1cc(-c2cc(NC(=O)Cc3cc(C(F)(F)F)ccc3C(F)(F)F)nn2C)cc2cnc(NC3CCC(NC(=O)CN)CC3)nc12. The number of carbonyl (C=O) groups excluding carboxylic acids is 2. The molecule has 0 saturated heterocycles. The van der Waals surface area contributed by atoms with Crippen LogP contribution in [0.25, 0.3) is 22.2 Å². The first-order chi connectivity index (χ1) is 22.6. The summed E-state index contributed by atoms with van der Waals surface area (Å²) < 4.78 is 81.5. The normalized spacial score (nSPS) is 16.9. The number of hydrogen-bond donors (Lipinski definition) is 4. The topological polar surface area (TPSA) is 140 Å². The van der Waals surface area contributed by atoms with Crippen molar-refractivity contribution in [3.8, 4) is 11.3 Å². The van der Waals surface area contributed by atoms with Crippen molar-refractivity contribution in [3.05, 3.63) is 64.8 Å². The molecule has 1 aliphatic rings. The van der Waals surface area contributed by atoms with Gasteiger partial charge in [0.1, 0.15) is 0 Å². The van der Waals surface area contributed by atoms with E-state index >= 15 is 0 Å². The van der Waals surface area contributed by atoms with Gasteiger partial charge in [0, 0.05) is 42.3 Å². The molecule has 0 aliphatic heterocycles. The fourth-order valence-electron chi connectivity index (χ4n) is 5.91. The zero-order chi connectivity index (χ0) is 34.8. The van der Waals surface area contributed by atoms with Crippen LogP contribution in [0.2, 0.25) is 0 Å². The number of amides is 2. The smallest absolute Gasteiger partial charge is 0.352 e. The van der Waals surface area contributed by atoms with Gasteiger partial charge >= 0.3 is 12.4 Å². The van der Waals surface area contributed by atoms with Crippen LogP contribution in [0.1, 0.15) is 54.9 Å². The van der Waals surface area contributed by atoms with E-state index in [2.05, 4.69) is 26.0 Å². The summed E-state index contributed by atoms with van der Waals surface area (Å²) in [5, 5.41) is 13.7. The maximum absolute atomic E-state index is 13.5. The number of alkyl halides is 6. The highest BCUT2D eigenvalue weighted by molar-refractivity contribution is 5.93. The van der Waals surface area contributed by atoms with E-state index in [4.69, 9.17) is 10.7 Å². The number of aryl methyl sites for hydroxylation is 2. The zero-order valence-electron chi connectivity index (χ0n) is 26.1. The number of benzene rings is 2. The Hall–Kier alpha value is -4.73. The Morgan fingerprint density at radius 1 is 0.938 bits per heavy atom. The number of fused-ring (bicyclic) bond motifs is 1. The molecule has 5 rings (SSSR count). The van der Waals surface area contributed by atoms with Crippen LogP contribution in [0.3, 0.4) is 0 Å². The maximum Gasteiger partial charge on any atom is 0.416 e. The van der Waals surface area contributed by atoms with Crippen LogP contribution in [-0.2, 0) is 41.8 Å². The molecule has 1 fully saturated rings. The van der Waals surface area contributed by atoms with E-state index in [0.29, 0.717) is 41.8 Å². The number of halogens is 6. The van der Waals surface area contributed by atoms with E-state index < -0.39 is 41.4 Å². The minimum absolute atomic E-state index is 0.0179. The maximum atomic E-state index is 13.5. The molecule has 0 bridgehead atoms. The molecule has 2 heterocycles. The van der Waals surface area contributed by atoms with Crippen molar-refractivity contribution in [3.63, 3.8) is 0 Å². The number of aromatic nitrogens is 4. The molecule has 5 N–H and O–H groups in total. The standard InChI is InChI=1S/C32H34F6N8O2/c1-3-17-10-19(11-20-16-40-30(44-29(17)20)42-23-7-5-22(6-8-23)41-28(48)15-39)25-14-26(45-46(25)2)43-27(47)13-18-12-21(31(33,34)35)4-9-24(18)32(36,37)38/h4,9-12,14,16,22-23H,3,5-8,13,15,39H2,1-2H3,(H,41,48)(H,40,42,44)(H,43,45,47). The number of nitrogens with two attached hydrogens (primary N) is 1. The van der Waals surface area contributed by atoms with Crippen LogP contribution in [0.15, 0.2) is 42.6 Å². The van der Waals surface area contributed by atoms with Gasteiger partial charge in [-0.25, -0.2) is 9.97 Å². The molecule has 2 aromatic heterocycles. The molecule has 2 aromatic carbocycles. The number of anilines is 2. The quantitative estimate of drug-likeness (QED) is 0.169. The molecule has 256 valence electrons. The van der Waals surface area contributed by atoms with Crippen molar-refractivity contribution in [1.82, 2.24) is 25.1 Å². The second kappa shape index (κ2) is 13.8. The molecule has 0 spiro atoms. The van der Waals surface area contributed by atoms with Crippen molar-refractivity contribution < 1.29 is 35.9 Å². The highest BCUT2D eigenvalue weighted by Crippen LogP contribution is 2.37. The van der Waals surface area contributed by atoms with Crippen molar-refractivity contribution in [2.45, 2.75) is 69.9 Å². The third kappa shape index (κ3) is 8.03. The minimum Gasteiger partial charge on any atom is -0.352 e. The van der Waals surface area contributed by atoms with Gasteiger partial charge in [0.25, 0.3) is 0 Å². The molecular formula is C32H34F6N8O2. The van der Waals surface area contributed by atoms with E-state index in [-0.39, 0.29) is 30.4 Å². The number of rotatable bonds is 9. The summed E-state index contributed by atoms with van der Waals surface area (Å²) in [4.78, 5) is 33.6. The Balaban J connectivity index is 1.31. The average molecular weight is 677 g/mol. The third-order valence-corrected chi connectivity index (χ3v) is 8.29. The first kappa shape index (κ1) is 34.6. The monoisotopic (exact) mass is 676 g/mol. The van der Waals surface area contributed by atoms with Crippen LogP contribution in [0, 0.1) is 0 Å². The van der Waals surface area contributed by atoms with Gasteiger partial charge in [-0.15, -0.1) is 0 Å². The summed E-state index contributed by atoms with van der Waals surface area (Å²) in [6, 6.07) is 6.55. The van der Waals surface area contributed by atoms with Gasteiger partial charge in [-0.1, -0.05) is 6.92 Å². The van der Waals surface area contributed by atoms with Gasteiger partial charge in [-0.05, 0) is 73.6 Å². The van der Waals surface area contributed by atoms with Crippen molar-refractivity contribution in [2.24, 2.45) is 12.8 Å². The van der Waals surface area contributed by atoms with Crippen LogP contribution in [-0.4, -0.2) is 50.2 Å². The van der Waals surface area contributed by atoms with E-state index in [1.54, 1.807) is 13.2 Å². The Labute approximate surface area is 271 Å². The fraction of sp³-hybridized carbons (Fsp3) is 0.406. The molecular weight excluding hydrogens is 642 g/mol. The van der Waals surface area contributed by atoms with Gasteiger partial charge in [-0.2, -0.15) is 31.4 Å². The van der Waals surface area contributed by atoms with Crippen LogP contribution in [0.4, 0.5) is 38.1 Å². The Morgan fingerprint density at radius 2 is 1.65 bits per heavy atom. The lowest BCUT2D eigenvalue weighted by Crippen LogP contribution is -2.42.